The number of benzene rings is 2. The Kier molecular flexibility index (Phi) is 10.5. The highest BCUT2D eigenvalue weighted by molar-refractivity contribution is 5.83. The molecule has 0 saturated carbocycles. The van der Waals surface area contributed by atoms with Gasteiger partial charge in [-0.05, 0) is 73.9 Å². The molecule has 238 valence electrons. The summed E-state index contributed by atoms with van der Waals surface area (Å²) >= 11 is 0. The van der Waals surface area contributed by atoms with Gasteiger partial charge in [0.15, 0.2) is 0 Å². The fourth-order valence-electron chi connectivity index (χ4n) is 6.20. The molecule has 0 spiro atoms. The van der Waals surface area contributed by atoms with Crippen LogP contribution in [0.4, 0.5) is 0 Å². The molecule has 2 aromatic heterocycles. The maximum absolute atomic E-state index is 12.9. The number of aromatic nitrogens is 4. The second kappa shape index (κ2) is 14.7. The van der Waals surface area contributed by atoms with Crippen molar-refractivity contribution in [2.45, 2.75) is 64.5 Å². The third-order valence-electron chi connectivity index (χ3n) is 8.96. The van der Waals surface area contributed by atoms with Crippen LogP contribution < -0.4 is 0 Å². The zero-order valence-electron chi connectivity index (χ0n) is 27.3. The maximum Gasteiger partial charge on any atom is 0.245 e. The average molecular weight is 610 g/mol. The lowest BCUT2D eigenvalue weighted by molar-refractivity contribution is -0.139. The highest BCUT2D eigenvalue weighted by atomic mass is 16.2. The number of unbranched alkanes of at least 4 members (excludes halogenated alkanes) is 1. The van der Waals surface area contributed by atoms with Gasteiger partial charge in [-0.25, -0.2) is 9.97 Å². The summed E-state index contributed by atoms with van der Waals surface area (Å²) in [7, 11) is 5.67. The van der Waals surface area contributed by atoms with Crippen molar-refractivity contribution in [3.05, 3.63) is 72.6 Å². The molecule has 1 aliphatic rings. The number of aryl methyl sites for hydroxylation is 1. The van der Waals surface area contributed by atoms with E-state index in [9.17, 15) is 9.59 Å². The molecule has 45 heavy (non-hydrogen) atoms. The summed E-state index contributed by atoms with van der Waals surface area (Å²) in [5.74, 6) is 2.33. The van der Waals surface area contributed by atoms with Crippen molar-refractivity contribution in [3.63, 3.8) is 0 Å². The van der Waals surface area contributed by atoms with Gasteiger partial charge in [0.1, 0.15) is 17.7 Å². The Bertz CT molecular complexity index is 1540. The second-order valence-electron chi connectivity index (χ2n) is 12.9. The average Bonchev–Trinajstić information content (AvgIpc) is 3.83. The molecule has 0 radical (unpaired) electrons. The van der Waals surface area contributed by atoms with E-state index in [4.69, 9.17) is 0 Å². The third kappa shape index (κ3) is 7.89. The van der Waals surface area contributed by atoms with Crippen LogP contribution in [-0.2, 0) is 16.0 Å². The number of hydrogen-bond acceptors (Lipinski definition) is 5. The molecule has 5 rings (SSSR count). The molecule has 3 heterocycles. The minimum absolute atomic E-state index is 0.00265. The molecule has 1 fully saturated rings. The standard InChI is InChI=1S/C36H47N7O2/c1-25(2)21-33(43(5)24-44)36(45)42(4)19-7-6-10-34-37-22-30(39-34)28-15-11-26(12-16-28)27-13-17-29(18-14-27)31-23-38-35(40-31)32-9-8-20-41(32)3/h11-18,22-25,32-33H,6-10,19-21H2,1-5H3,(H,37,39)(H,38,40)/t32-,33-/m0/s1. The highest BCUT2D eigenvalue weighted by Gasteiger charge is 2.26. The Balaban J connectivity index is 1.11. The van der Waals surface area contributed by atoms with Gasteiger partial charge < -0.3 is 19.8 Å². The third-order valence-corrected chi connectivity index (χ3v) is 8.96. The minimum atomic E-state index is -0.412. The van der Waals surface area contributed by atoms with E-state index < -0.39 is 6.04 Å². The number of nitrogens with one attached hydrogen (secondary N) is 2. The zero-order chi connectivity index (χ0) is 31.9. The normalized spacial score (nSPS) is 15.8. The van der Waals surface area contributed by atoms with Crippen molar-refractivity contribution in [2.75, 3.05) is 34.2 Å². The van der Waals surface area contributed by atoms with Crippen molar-refractivity contribution in [1.82, 2.24) is 34.6 Å². The Morgan fingerprint density at radius 2 is 1.53 bits per heavy atom. The number of likely N-dealkylation sites (N-methyl/N-ethyl adjacent to an activating group) is 2. The number of amides is 2. The number of rotatable bonds is 14. The van der Waals surface area contributed by atoms with Crippen LogP contribution in [-0.4, -0.2) is 87.2 Å². The summed E-state index contributed by atoms with van der Waals surface area (Å²) < 4.78 is 0. The van der Waals surface area contributed by atoms with Crippen molar-refractivity contribution in [2.24, 2.45) is 5.92 Å². The fourth-order valence-corrected chi connectivity index (χ4v) is 6.20. The summed E-state index contributed by atoms with van der Waals surface area (Å²) in [6, 6.07) is 17.2. The summed E-state index contributed by atoms with van der Waals surface area (Å²) in [5, 5.41) is 0. The molecule has 2 aromatic carbocycles. The topological polar surface area (TPSA) is 101 Å². The van der Waals surface area contributed by atoms with Gasteiger partial charge >= 0.3 is 0 Å². The molecular weight excluding hydrogens is 562 g/mol. The van der Waals surface area contributed by atoms with E-state index in [1.807, 2.05) is 19.4 Å². The lowest BCUT2D eigenvalue weighted by Gasteiger charge is -2.29. The first-order valence-corrected chi connectivity index (χ1v) is 16.2. The van der Waals surface area contributed by atoms with Crippen LogP contribution in [0.2, 0.25) is 0 Å². The molecule has 2 atom stereocenters. The van der Waals surface area contributed by atoms with Crippen LogP contribution in [0.5, 0.6) is 0 Å². The molecule has 0 aliphatic carbocycles. The second-order valence-corrected chi connectivity index (χ2v) is 12.9. The molecule has 4 aromatic rings. The predicted molar refractivity (Wildman–Crippen MR) is 179 cm³/mol. The van der Waals surface area contributed by atoms with Gasteiger partial charge in [-0.15, -0.1) is 0 Å². The van der Waals surface area contributed by atoms with Gasteiger partial charge in [-0.2, -0.15) is 0 Å². The van der Waals surface area contributed by atoms with Gasteiger partial charge in [0.2, 0.25) is 12.3 Å². The van der Waals surface area contributed by atoms with Crippen molar-refractivity contribution < 1.29 is 9.59 Å². The molecule has 1 aliphatic heterocycles. The largest absolute Gasteiger partial charge is 0.344 e. The number of hydrogen-bond donors (Lipinski definition) is 2. The zero-order valence-corrected chi connectivity index (χ0v) is 27.3. The molecule has 0 unspecified atom stereocenters. The molecular formula is C36H47N7O2. The molecule has 1 saturated heterocycles. The van der Waals surface area contributed by atoms with E-state index in [-0.39, 0.29) is 5.91 Å². The number of imidazole rings is 2. The van der Waals surface area contributed by atoms with Crippen LogP contribution in [0.25, 0.3) is 33.6 Å². The highest BCUT2D eigenvalue weighted by Crippen LogP contribution is 2.31. The Labute approximate surface area is 267 Å². The van der Waals surface area contributed by atoms with Crippen molar-refractivity contribution >= 4 is 12.3 Å². The first kappa shape index (κ1) is 32.2. The van der Waals surface area contributed by atoms with Crippen LogP contribution in [0, 0.1) is 5.92 Å². The lowest BCUT2D eigenvalue weighted by atomic mass is 10.0. The molecule has 9 nitrogen and oxygen atoms in total. The van der Waals surface area contributed by atoms with E-state index >= 15 is 0 Å². The SMILES string of the molecule is CC(C)C[C@@H](C(=O)N(C)CCCCc1ncc(-c2ccc(-c3ccc(-c4cnc([C@@H]5CCCN5C)[nH]4)cc3)cc2)[nH]1)N(C)C=O. The van der Waals surface area contributed by atoms with Crippen LogP contribution in [0.3, 0.4) is 0 Å². The molecule has 2 amide bonds. The van der Waals surface area contributed by atoms with Crippen LogP contribution in [0.15, 0.2) is 60.9 Å². The van der Waals surface area contributed by atoms with Crippen molar-refractivity contribution in [1.29, 1.82) is 0 Å². The van der Waals surface area contributed by atoms with Crippen LogP contribution in [0.1, 0.15) is 63.6 Å². The smallest absolute Gasteiger partial charge is 0.245 e. The van der Waals surface area contributed by atoms with E-state index in [1.54, 1.807) is 11.9 Å². The summed E-state index contributed by atoms with van der Waals surface area (Å²) in [6.45, 7) is 5.91. The molecule has 0 bridgehead atoms. The first-order valence-electron chi connectivity index (χ1n) is 16.2. The Morgan fingerprint density at radius 3 is 2.11 bits per heavy atom. The van der Waals surface area contributed by atoms with E-state index in [0.717, 1.165) is 78.4 Å². The number of carbonyl (C=O) groups excluding carboxylic acids is 2. The number of aromatic amines is 2. The van der Waals surface area contributed by atoms with Gasteiger partial charge in [0, 0.05) is 27.1 Å². The molecule has 2 N–H and O–H groups in total. The number of nitrogens with zero attached hydrogens (tertiary/aromatic N) is 5. The van der Waals surface area contributed by atoms with Crippen LogP contribution >= 0.6 is 0 Å². The monoisotopic (exact) mass is 609 g/mol. The van der Waals surface area contributed by atoms with E-state index in [2.05, 4.69) is 94.3 Å². The summed E-state index contributed by atoms with van der Waals surface area (Å²) in [6.07, 6.45) is 10.2. The van der Waals surface area contributed by atoms with E-state index in [1.165, 1.54) is 16.9 Å². The van der Waals surface area contributed by atoms with E-state index in [0.29, 0.717) is 24.9 Å². The lowest BCUT2D eigenvalue weighted by Crippen LogP contribution is -2.46. The van der Waals surface area contributed by atoms with Gasteiger partial charge in [-0.3, -0.25) is 14.5 Å². The predicted octanol–water partition coefficient (Wildman–Crippen LogP) is 6.18. The van der Waals surface area contributed by atoms with Gasteiger partial charge in [0.05, 0.1) is 29.8 Å². The Hall–Kier alpha value is -4.24. The first-order chi connectivity index (χ1) is 21.7. The maximum atomic E-state index is 12.9. The van der Waals surface area contributed by atoms with Gasteiger partial charge in [0.25, 0.3) is 0 Å². The number of likely N-dealkylation sites (tertiary alicyclic amines) is 1. The number of carbonyl (C=O) groups is 2. The molecule has 9 heteroatoms. The minimum Gasteiger partial charge on any atom is -0.344 e. The number of H-pyrrole nitrogens is 2. The van der Waals surface area contributed by atoms with Crippen molar-refractivity contribution in [3.8, 4) is 33.6 Å². The Morgan fingerprint density at radius 1 is 0.933 bits per heavy atom. The quantitative estimate of drug-likeness (QED) is 0.131. The van der Waals surface area contributed by atoms with Gasteiger partial charge in [-0.1, -0.05) is 62.4 Å². The fraction of sp³-hybridized carbons (Fsp3) is 0.444. The summed E-state index contributed by atoms with van der Waals surface area (Å²) in [5.41, 5.74) is 6.62. The summed E-state index contributed by atoms with van der Waals surface area (Å²) in [4.78, 5) is 46.1.